The number of rotatable bonds is 10. The highest BCUT2D eigenvalue weighted by Gasteiger charge is 2.34. The van der Waals surface area contributed by atoms with Crippen LogP contribution in [0, 0.1) is 0 Å². The second-order valence-electron chi connectivity index (χ2n) is 8.07. The van der Waals surface area contributed by atoms with Gasteiger partial charge in [0.15, 0.2) is 0 Å². The van der Waals surface area contributed by atoms with Crippen LogP contribution in [0.15, 0.2) is 77.7 Å². The van der Waals surface area contributed by atoms with Gasteiger partial charge < -0.3 is 10.2 Å². The Labute approximate surface area is 232 Å². The predicted octanol–water partition coefficient (Wildman–Crippen LogP) is 5.40. The Hall–Kier alpha value is -2.78. The maximum absolute atomic E-state index is 13.9. The van der Waals surface area contributed by atoms with Gasteiger partial charge in [-0.2, -0.15) is 0 Å². The first-order chi connectivity index (χ1) is 17.6. The summed E-state index contributed by atoms with van der Waals surface area (Å²) < 4.78 is 28.4. The molecule has 0 saturated heterocycles. The smallest absolute Gasteiger partial charge is 0.264 e. The third kappa shape index (κ3) is 6.76. The van der Waals surface area contributed by atoms with Crippen molar-refractivity contribution in [2.45, 2.75) is 30.8 Å². The first-order valence-electron chi connectivity index (χ1n) is 11.4. The zero-order valence-electron chi connectivity index (χ0n) is 20.2. The molecule has 0 bridgehead atoms. The Balaban J connectivity index is 2.11. The van der Waals surface area contributed by atoms with Gasteiger partial charge in [0.2, 0.25) is 11.8 Å². The van der Waals surface area contributed by atoms with E-state index in [9.17, 15) is 18.0 Å². The largest absolute Gasteiger partial charge is 0.357 e. The summed E-state index contributed by atoms with van der Waals surface area (Å²) in [5, 5.41) is 3.32. The van der Waals surface area contributed by atoms with Crippen molar-refractivity contribution in [1.29, 1.82) is 0 Å². The summed E-state index contributed by atoms with van der Waals surface area (Å²) >= 11 is 18.9. The number of carbonyl (C=O) groups is 2. The highest BCUT2D eigenvalue weighted by atomic mass is 35.5. The van der Waals surface area contributed by atoms with E-state index in [2.05, 4.69) is 5.32 Å². The molecule has 0 saturated carbocycles. The molecule has 0 fully saturated rings. The molecule has 196 valence electrons. The molecule has 1 N–H and O–H groups in total. The average molecular weight is 583 g/mol. The molecule has 3 aromatic carbocycles. The second-order valence-corrected chi connectivity index (χ2v) is 11.2. The van der Waals surface area contributed by atoms with E-state index in [0.717, 1.165) is 4.31 Å². The predicted molar refractivity (Wildman–Crippen MR) is 148 cm³/mol. The van der Waals surface area contributed by atoms with Crippen molar-refractivity contribution in [3.63, 3.8) is 0 Å². The molecule has 0 aliphatic carbocycles. The molecule has 1 atom stereocenters. The molecule has 0 heterocycles. The summed E-state index contributed by atoms with van der Waals surface area (Å²) in [7, 11) is -2.77. The third-order valence-corrected chi connectivity index (χ3v) is 8.42. The zero-order valence-corrected chi connectivity index (χ0v) is 23.3. The molecule has 0 aromatic heterocycles. The minimum absolute atomic E-state index is 0.00701. The number of carbonyl (C=O) groups excluding carboxylic acids is 2. The number of nitrogens with zero attached hydrogens (tertiary/aromatic N) is 2. The molecule has 11 heteroatoms. The normalized spacial score (nSPS) is 12.0. The zero-order chi connectivity index (χ0) is 27.2. The van der Waals surface area contributed by atoms with Crippen molar-refractivity contribution in [2.24, 2.45) is 0 Å². The van der Waals surface area contributed by atoms with Crippen LogP contribution in [0.25, 0.3) is 0 Å². The second kappa shape index (κ2) is 12.6. The molecule has 37 heavy (non-hydrogen) atoms. The number of hydrogen-bond acceptors (Lipinski definition) is 4. The summed E-state index contributed by atoms with van der Waals surface area (Å²) in [6, 6.07) is 18.1. The molecule has 3 rings (SSSR count). The Kier molecular flexibility index (Phi) is 9.84. The average Bonchev–Trinajstić information content (AvgIpc) is 2.89. The van der Waals surface area contributed by atoms with Crippen molar-refractivity contribution in [3.05, 3.63) is 93.4 Å². The van der Waals surface area contributed by atoms with Gasteiger partial charge >= 0.3 is 0 Å². The van der Waals surface area contributed by atoms with Gasteiger partial charge in [0.05, 0.1) is 15.6 Å². The van der Waals surface area contributed by atoms with Crippen LogP contribution in [0.2, 0.25) is 15.1 Å². The summed E-state index contributed by atoms with van der Waals surface area (Å²) in [5.74, 6) is -1.01. The standard InChI is InChI=1S/C26H26Cl3N3O4S/c1-3-23(26(34)30-2)31(16-18-9-7-8-12-21(18)28)25(33)17-32(24-15-19(27)13-14-22(24)29)37(35,36)20-10-5-4-6-11-20/h4-15,23H,3,16-17H2,1-2H3,(H,30,34). The van der Waals surface area contributed by atoms with Crippen molar-refractivity contribution < 1.29 is 18.0 Å². The molecule has 0 spiro atoms. The van der Waals surface area contributed by atoms with Crippen LogP contribution in [-0.4, -0.2) is 44.8 Å². The van der Waals surface area contributed by atoms with Gasteiger partial charge in [-0.05, 0) is 48.4 Å². The van der Waals surface area contributed by atoms with Crippen molar-refractivity contribution >= 4 is 62.3 Å². The molecule has 0 radical (unpaired) electrons. The fourth-order valence-electron chi connectivity index (χ4n) is 3.81. The Morgan fingerprint density at radius 1 is 0.919 bits per heavy atom. The summed E-state index contributed by atoms with van der Waals surface area (Å²) in [4.78, 5) is 27.9. The third-order valence-electron chi connectivity index (χ3n) is 5.72. The van der Waals surface area contributed by atoms with E-state index in [-0.39, 0.29) is 33.1 Å². The van der Waals surface area contributed by atoms with Crippen LogP contribution in [0.3, 0.4) is 0 Å². The fourth-order valence-corrected chi connectivity index (χ4v) is 5.88. The quantitative estimate of drug-likeness (QED) is 0.347. The molecule has 0 aliphatic rings. The van der Waals surface area contributed by atoms with Crippen LogP contribution < -0.4 is 9.62 Å². The number of sulfonamides is 1. The van der Waals surface area contributed by atoms with Crippen LogP contribution in [0.1, 0.15) is 18.9 Å². The van der Waals surface area contributed by atoms with E-state index in [4.69, 9.17) is 34.8 Å². The fraction of sp³-hybridized carbons (Fsp3) is 0.231. The van der Waals surface area contributed by atoms with Crippen LogP contribution in [-0.2, 0) is 26.2 Å². The van der Waals surface area contributed by atoms with Gasteiger partial charge in [0.25, 0.3) is 10.0 Å². The van der Waals surface area contributed by atoms with E-state index in [1.165, 1.54) is 42.3 Å². The van der Waals surface area contributed by atoms with Crippen LogP contribution in [0.5, 0.6) is 0 Å². The number of anilines is 1. The van der Waals surface area contributed by atoms with Crippen molar-refractivity contribution in [3.8, 4) is 0 Å². The maximum atomic E-state index is 13.9. The number of amides is 2. The number of halogens is 3. The molecule has 7 nitrogen and oxygen atoms in total. The highest BCUT2D eigenvalue weighted by molar-refractivity contribution is 7.92. The number of likely N-dealkylation sites (N-methyl/N-ethyl adjacent to an activating group) is 1. The first-order valence-corrected chi connectivity index (χ1v) is 13.9. The lowest BCUT2D eigenvalue weighted by atomic mass is 10.1. The van der Waals surface area contributed by atoms with E-state index in [1.807, 2.05) is 0 Å². The Morgan fingerprint density at radius 2 is 1.57 bits per heavy atom. The first kappa shape index (κ1) is 28.8. The van der Waals surface area contributed by atoms with Gasteiger partial charge in [-0.3, -0.25) is 13.9 Å². The van der Waals surface area contributed by atoms with Crippen LogP contribution >= 0.6 is 34.8 Å². The van der Waals surface area contributed by atoms with Gasteiger partial charge in [-0.15, -0.1) is 0 Å². The molecular formula is C26H26Cl3N3O4S. The number of nitrogens with one attached hydrogen (secondary N) is 1. The minimum atomic E-state index is -4.25. The van der Waals surface area contributed by atoms with E-state index in [1.54, 1.807) is 49.4 Å². The summed E-state index contributed by atoms with van der Waals surface area (Å²) in [6.07, 6.45) is 0.291. The topological polar surface area (TPSA) is 86.8 Å². The Bertz CT molecular complexity index is 1370. The maximum Gasteiger partial charge on any atom is 0.264 e. The summed E-state index contributed by atoms with van der Waals surface area (Å²) in [6.45, 7) is 1.13. The molecule has 0 aliphatic heterocycles. The van der Waals surface area contributed by atoms with E-state index >= 15 is 0 Å². The number of benzene rings is 3. The van der Waals surface area contributed by atoms with Crippen molar-refractivity contribution in [2.75, 3.05) is 17.9 Å². The lowest BCUT2D eigenvalue weighted by Crippen LogP contribution is -2.51. The lowest BCUT2D eigenvalue weighted by molar-refractivity contribution is -0.140. The van der Waals surface area contributed by atoms with Crippen LogP contribution in [0.4, 0.5) is 5.69 Å². The van der Waals surface area contributed by atoms with Crippen molar-refractivity contribution in [1.82, 2.24) is 10.2 Å². The van der Waals surface area contributed by atoms with Gasteiger partial charge in [-0.1, -0.05) is 78.1 Å². The lowest BCUT2D eigenvalue weighted by Gasteiger charge is -2.33. The minimum Gasteiger partial charge on any atom is -0.357 e. The van der Waals surface area contributed by atoms with E-state index < -0.39 is 28.5 Å². The van der Waals surface area contributed by atoms with Gasteiger partial charge in [0, 0.05) is 23.6 Å². The monoisotopic (exact) mass is 581 g/mol. The van der Waals surface area contributed by atoms with Gasteiger partial charge in [-0.25, -0.2) is 8.42 Å². The Morgan fingerprint density at radius 3 is 2.19 bits per heavy atom. The molecule has 3 aromatic rings. The van der Waals surface area contributed by atoms with Gasteiger partial charge in [0.1, 0.15) is 12.6 Å². The molecule has 1 unspecified atom stereocenters. The molecule has 2 amide bonds. The SMILES string of the molecule is CCC(C(=O)NC)N(Cc1ccccc1Cl)C(=O)CN(c1cc(Cl)ccc1Cl)S(=O)(=O)c1ccccc1. The number of hydrogen-bond donors (Lipinski definition) is 1. The molecular weight excluding hydrogens is 557 g/mol. The highest BCUT2D eigenvalue weighted by Crippen LogP contribution is 2.33. The summed E-state index contributed by atoms with van der Waals surface area (Å²) in [5.41, 5.74) is 0.648. The van der Waals surface area contributed by atoms with E-state index in [0.29, 0.717) is 17.0 Å².